The van der Waals surface area contributed by atoms with E-state index in [1.54, 1.807) is 0 Å². The molecule has 0 aliphatic carbocycles. The van der Waals surface area contributed by atoms with Crippen molar-refractivity contribution in [3.8, 4) is 0 Å². The van der Waals surface area contributed by atoms with Crippen molar-refractivity contribution < 1.29 is 78.9 Å². The molecule has 0 aliphatic heterocycles. The SMILES string of the molecule is CCCCCCCCCCCCN[C@@H](CSSC[C@H](NCCCCCCCCCCCC)C(=O)[O-])C(=O)[O-].[Na+].[Na+]. The van der Waals surface area contributed by atoms with Crippen LogP contribution in [0.4, 0.5) is 0 Å². The zero-order valence-corrected chi connectivity index (χ0v) is 32.2. The van der Waals surface area contributed by atoms with E-state index < -0.39 is 24.0 Å². The largest absolute Gasteiger partial charge is 1.00 e. The number of aliphatic carboxylic acids is 2. The van der Waals surface area contributed by atoms with Crippen molar-refractivity contribution in [3.05, 3.63) is 0 Å². The van der Waals surface area contributed by atoms with Crippen molar-refractivity contribution in [1.82, 2.24) is 10.6 Å². The second-order valence-electron chi connectivity index (χ2n) is 10.6. The van der Waals surface area contributed by atoms with Crippen LogP contribution in [0.1, 0.15) is 142 Å². The van der Waals surface area contributed by atoms with Crippen LogP contribution in [0.3, 0.4) is 0 Å². The summed E-state index contributed by atoms with van der Waals surface area (Å²) in [5.41, 5.74) is 0. The second-order valence-corrected chi connectivity index (χ2v) is 13.1. The van der Waals surface area contributed by atoms with Crippen molar-refractivity contribution in [1.29, 1.82) is 0 Å². The standard InChI is InChI=1S/C30H60N2O4S2.2Na/c1-3-5-7-9-11-13-15-17-19-21-23-31-27(29(33)34)25-37-38-26-28(30(35)36)32-24-22-20-18-16-14-12-10-8-6-4-2;;/h27-28,31-32H,3-26H2,1-2H3,(H,33,34)(H,35,36);;/q;2*+1/p-2/t27-,28-;;/m0../s1. The van der Waals surface area contributed by atoms with Crippen LogP contribution < -0.4 is 80.0 Å². The van der Waals surface area contributed by atoms with Gasteiger partial charge in [0.1, 0.15) is 0 Å². The Hall–Kier alpha value is 1.56. The van der Waals surface area contributed by atoms with Gasteiger partial charge in [0, 0.05) is 11.5 Å². The molecule has 40 heavy (non-hydrogen) atoms. The third kappa shape index (κ3) is 32.5. The molecule has 2 atom stereocenters. The minimum atomic E-state index is -1.10. The molecule has 0 heterocycles. The first-order valence-electron chi connectivity index (χ1n) is 15.7. The second kappa shape index (κ2) is 36.8. The average Bonchev–Trinajstić information content (AvgIpc) is 2.89. The number of hydrogen-bond acceptors (Lipinski definition) is 8. The van der Waals surface area contributed by atoms with Crippen molar-refractivity contribution >= 4 is 33.5 Å². The van der Waals surface area contributed by atoms with Gasteiger partial charge in [-0.2, -0.15) is 0 Å². The summed E-state index contributed by atoms with van der Waals surface area (Å²) >= 11 is 0. The summed E-state index contributed by atoms with van der Waals surface area (Å²) in [5, 5.41) is 29.1. The zero-order valence-electron chi connectivity index (χ0n) is 26.6. The molecule has 0 spiro atoms. The van der Waals surface area contributed by atoms with Gasteiger partial charge in [-0.3, -0.25) is 0 Å². The summed E-state index contributed by atoms with van der Waals surface area (Å²) in [5.74, 6) is -1.49. The normalized spacial score (nSPS) is 12.3. The predicted molar refractivity (Wildman–Crippen MR) is 162 cm³/mol. The van der Waals surface area contributed by atoms with Crippen LogP contribution >= 0.6 is 21.6 Å². The quantitative estimate of drug-likeness (QED) is 0.0615. The first-order valence-corrected chi connectivity index (χ1v) is 18.1. The molecule has 0 rings (SSSR count). The van der Waals surface area contributed by atoms with E-state index in [-0.39, 0.29) is 59.1 Å². The molecule has 0 saturated carbocycles. The zero-order chi connectivity index (χ0) is 28.1. The van der Waals surface area contributed by atoms with Gasteiger partial charge in [0.25, 0.3) is 0 Å². The van der Waals surface area contributed by atoms with Crippen LogP contribution in [0.5, 0.6) is 0 Å². The van der Waals surface area contributed by atoms with Gasteiger partial charge in [-0.15, -0.1) is 0 Å². The Morgan fingerprint density at radius 1 is 0.500 bits per heavy atom. The third-order valence-electron chi connectivity index (χ3n) is 6.96. The smallest absolute Gasteiger partial charge is 0.548 e. The molecule has 0 aromatic rings. The van der Waals surface area contributed by atoms with E-state index in [1.807, 2.05) is 0 Å². The number of unbranched alkanes of at least 4 members (excludes halogenated alkanes) is 18. The molecule has 0 aliphatic rings. The van der Waals surface area contributed by atoms with Gasteiger partial charge >= 0.3 is 59.1 Å². The van der Waals surface area contributed by atoms with Crippen LogP contribution in [-0.4, -0.2) is 48.6 Å². The number of carbonyl (C=O) groups is 2. The van der Waals surface area contributed by atoms with Crippen LogP contribution in [0, 0.1) is 0 Å². The van der Waals surface area contributed by atoms with Crippen molar-refractivity contribution in [2.45, 2.75) is 154 Å². The molecule has 6 nitrogen and oxygen atoms in total. The molecule has 0 bridgehead atoms. The van der Waals surface area contributed by atoms with E-state index in [9.17, 15) is 19.8 Å². The molecule has 0 unspecified atom stereocenters. The van der Waals surface area contributed by atoms with Gasteiger partial charge < -0.3 is 30.4 Å². The Morgan fingerprint density at radius 3 is 1.00 bits per heavy atom. The number of hydrogen-bond donors (Lipinski definition) is 2. The van der Waals surface area contributed by atoms with E-state index in [0.29, 0.717) is 24.6 Å². The number of carboxylic acid groups (broad SMARTS) is 2. The molecule has 0 aromatic carbocycles. The van der Waals surface area contributed by atoms with E-state index in [4.69, 9.17) is 0 Å². The summed E-state index contributed by atoms with van der Waals surface area (Å²) < 4.78 is 0. The fourth-order valence-corrected chi connectivity index (χ4v) is 6.80. The molecule has 226 valence electrons. The topological polar surface area (TPSA) is 104 Å². The first-order chi connectivity index (χ1) is 18.5. The fraction of sp³-hybridized carbons (Fsp3) is 0.933. The Kier molecular flexibility index (Phi) is 42.2. The molecular weight excluding hydrogens is 562 g/mol. The van der Waals surface area contributed by atoms with Crippen LogP contribution in [0.2, 0.25) is 0 Å². The molecule has 10 heteroatoms. The summed E-state index contributed by atoms with van der Waals surface area (Å²) in [6.45, 7) is 5.81. The maximum Gasteiger partial charge on any atom is 1.00 e. The number of carboxylic acids is 2. The minimum absolute atomic E-state index is 0. The molecule has 0 aromatic heterocycles. The molecule has 2 N–H and O–H groups in total. The van der Waals surface area contributed by atoms with Crippen LogP contribution in [0.15, 0.2) is 0 Å². The summed E-state index contributed by atoms with van der Waals surface area (Å²) in [4.78, 5) is 22.9. The molecule has 0 saturated heterocycles. The maximum atomic E-state index is 11.5. The molecule has 0 radical (unpaired) electrons. The Labute approximate surface area is 299 Å². The Balaban J connectivity index is -0.00000684. The Morgan fingerprint density at radius 2 is 0.750 bits per heavy atom. The minimum Gasteiger partial charge on any atom is -0.548 e. The number of rotatable bonds is 31. The van der Waals surface area contributed by atoms with Gasteiger partial charge in [0.15, 0.2) is 0 Å². The first kappa shape index (κ1) is 46.0. The van der Waals surface area contributed by atoms with E-state index in [1.165, 1.54) is 124 Å². The Bertz CT molecular complexity index is 506. The maximum absolute atomic E-state index is 11.5. The van der Waals surface area contributed by atoms with Gasteiger partial charge in [-0.1, -0.05) is 151 Å². The van der Waals surface area contributed by atoms with Gasteiger partial charge in [-0.05, 0) is 25.9 Å². The van der Waals surface area contributed by atoms with Crippen LogP contribution in [0.25, 0.3) is 0 Å². The van der Waals surface area contributed by atoms with Gasteiger partial charge in [0.05, 0.1) is 24.0 Å². The summed E-state index contributed by atoms with van der Waals surface area (Å²) in [7, 11) is 2.76. The van der Waals surface area contributed by atoms with Crippen molar-refractivity contribution in [2.75, 3.05) is 24.6 Å². The predicted octanol–water partition coefficient (Wildman–Crippen LogP) is -0.366. The van der Waals surface area contributed by atoms with E-state index in [0.717, 1.165) is 25.7 Å². The fourth-order valence-electron chi connectivity index (χ4n) is 4.43. The molecule has 0 fully saturated rings. The van der Waals surface area contributed by atoms with Crippen molar-refractivity contribution in [3.63, 3.8) is 0 Å². The summed E-state index contributed by atoms with van der Waals surface area (Å²) in [6.07, 6.45) is 25.0. The third-order valence-corrected chi connectivity index (χ3v) is 9.39. The average molecular weight is 621 g/mol. The van der Waals surface area contributed by atoms with Gasteiger partial charge in [-0.25, -0.2) is 0 Å². The van der Waals surface area contributed by atoms with Crippen LogP contribution in [-0.2, 0) is 9.59 Å². The summed E-state index contributed by atoms with van der Waals surface area (Å²) in [6, 6.07) is -1.43. The number of nitrogens with one attached hydrogen (secondary N) is 2. The van der Waals surface area contributed by atoms with Crippen molar-refractivity contribution in [2.24, 2.45) is 0 Å². The van der Waals surface area contributed by atoms with E-state index >= 15 is 0 Å². The van der Waals surface area contributed by atoms with E-state index in [2.05, 4.69) is 24.5 Å². The molecule has 0 amide bonds. The number of carbonyl (C=O) groups excluding carboxylic acids is 2. The monoisotopic (exact) mass is 620 g/mol. The molecular formula is C30H58N2Na2O4S2. The van der Waals surface area contributed by atoms with Gasteiger partial charge in [0.2, 0.25) is 0 Å².